The van der Waals surface area contributed by atoms with Crippen LogP contribution in [-0.4, -0.2) is 50.7 Å². The van der Waals surface area contributed by atoms with Gasteiger partial charge in [-0.05, 0) is 30.7 Å². The van der Waals surface area contributed by atoms with Crippen LogP contribution in [0.3, 0.4) is 0 Å². The number of nitrogens with one attached hydrogen (secondary N) is 1. The molecule has 1 saturated heterocycles. The van der Waals surface area contributed by atoms with E-state index in [1.165, 1.54) is 16.4 Å². The zero-order chi connectivity index (χ0) is 20.7. The second-order valence-electron chi connectivity index (χ2n) is 6.99. The van der Waals surface area contributed by atoms with Crippen LogP contribution in [0.2, 0.25) is 0 Å². The minimum absolute atomic E-state index is 0.0901. The Bertz CT molecular complexity index is 773. The SMILES string of the molecule is CCCCCNC(=O)C1CC(=O)N(c2ccc(S(=O)(=O)N(CC)CC)cc2)C1. The van der Waals surface area contributed by atoms with Crippen LogP contribution < -0.4 is 10.2 Å². The largest absolute Gasteiger partial charge is 0.356 e. The molecule has 0 bridgehead atoms. The number of amides is 2. The maximum atomic E-state index is 12.6. The number of anilines is 1. The van der Waals surface area contributed by atoms with E-state index >= 15 is 0 Å². The van der Waals surface area contributed by atoms with Crippen LogP contribution >= 0.6 is 0 Å². The zero-order valence-electron chi connectivity index (χ0n) is 17.0. The highest BCUT2D eigenvalue weighted by Crippen LogP contribution is 2.27. The zero-order valence-corrected chi connectivity index (χ0v) is 17.8. The fourth-order valence-electron chi connectivity index (χ4n) is 3.37. The molecule has 1 aliphatic rings. The molecule has 7 nitrogen and oxygen atoms in total. The van der Waals surface area contributed by atoms with Crippen LogP contribution in [-0.2, 0) is 19.6 Å². The van der Waals surface area contributed by atoms with Gasteiger partial charge in [0.2, 0.25) is 21.8 Å². The van der Waals surface area contributed by atoms with Crippen LogP contribution in [0.5, 0.6) is 0 Å². The molecule has 28 heavy (non-hydrogen) atoms. The van der Waals surface area contributed by atoms with E-state index in [0.29, 0.717) is 31.9 Å². The van der Waals surface area contributed by atoms with Gasteiger partial charge in [-0.3, -0.25) is 9.59 Å². The van der Waals surface area contributed by atoms with Crippen LogP contribution in [0.15, 0.2) is 29.2 Å². The van der Waals surface area contributed by atoms with Crippen molar-refractivity contribution in [1.29, 1.82) is 0 Å². The highest BCUT2D eigenvalue weighted by molar-refractivity contribution is 7.89. The van der Waals surface area contributed by atoms with Crippen molar-refractivity contribution < 1.29 is 18.0 Å². The molecule has 2 rings (SSSR count). The summed E-state index contributed by atoms with van der Waals surface area (Å²) in [5.74, 6) is -0.575. The monoisotopic (exact) mass is 409 g/mol. The molecular weight excluding hydrogens is 378 g/mol. The third-order valence-corrected chi connectivity index (χ3v) is 7.13. The van der Waals surface area contributed by atoms with E-state index in [1.807, 2.05) is 0 Å². The molecule has 2 amide bonds. The van der Waals surface area contributed by atoms with Crippen molar-refractivity contribution in [2.24, 2.45) is 5.92 Å². The first-order valence-electron chi connectivity index (χ1n) is 10.0. The third-order valence-electron chi connectivity index (χ3n) is 5.07. The van der Waals surface area contributed by atoms with Crippen LogP contribution in [0.25, 0.3) is 0 Å². The van der Waals surface area contributed by atoms with E-state index in [1.54, 1.807) is 30.9 Å². The van der Waals surface area contributed by atoms with Gasteiger partial charge in [-0.2, -0.15) is 4.31 Å². The molecule has 1 heterocycles. The molecular formula is C20H31N3O4S. The fraction of sp³-hybridized carbons (Fsp3) is 0.600. The quantitative estimate of drug-likeness (QED) is 0.601. The summed E-state index contributed by atoms with van der Waals surface area (Å²) in [6.45, 7) is 7.46. The first-order valence-corrected chi connectivity index (χ1v) is 11.5. The van der Waals surface area contributed by atoms with E-state index in [9.17, 15) is 18.0 Å². The third kappa shape index (κ3) is 5.11. The van der Waals surface area contributed by atoms with Crippen LogP contribution in [0.1, 0.15) is 46.5 Å². The van der Waals surface area contributed by atoms with Gasteiger partial charge in [-0.15, -0.1) is 0 Å². The van der Waals surface area contributed by atoms with Crippen molar-refractivity contribution in [3.8, 4) is 0 Å². The van der Waals surface area contributed by atoms with Gasteiger partial charge in [-0.25, -0.2) is 8.42 Å². The van der Waals surface area contributed by atoms with E-state index in [-0.39, 0.29) is 29.0 Å². The van der Waals surface area contributed by atoms with E-state index in [2.05, 4.69) is 12.2 Å². The minimum Gasteiger partial charge on any atom is -0.356 e. The lowest BCUT2D eigenvalue weighted by molar-refractivity contribution is -0.126. The van der Waals surface area contributed by atoms with Gasteiger partial charge in [-0.1, -0.05) is 33.6 Å². The van der Waals surface area contributed by atoms with Gasteiger partial charge in [0.05, 0.1) is 10.8 Å². The molecule has 1 atom stereocenters. The molecule has 1 aliphatic heterocycles. The van der Waals surface area contributed by atoms with Gasteiger partial charge < -0.3 is 10.2 Å². The number of sulfonamides is 1. The summed E-state index contributed by atoms with van der Waals surface area (Å²) >= 11 is 0. The Morgan fingerprint density at radius 2 is 1.79 bits per heavy atom. The highest BCUT2D eigenvalue weighted by Gasteiger charge is 2.35. The van der Waals surface area contributed by atoms with Crippen molar-refractivity contribution in [2.45, 2.75) is 51.3 Å². The van der Waals surface area contributed by atoms with Gasteiger partial charge in [0.1, 0.15) is 0 Å². The summed E-state index contributed by atoms with van der Waals surface area (Å²) < 4.78 is 26.5. The van der Waals surface area contributed by atoms with Crippen LogP contribution in [0, 0.1) is 5.92 Å². The van der Waals surface area contributed by atoms with Gasteiger partial charge in [0, 0.05) is 38.3 Å². The smallest absolute Gasteiger partial charge is 0.243 e. The van der Waals surface area contributed by atoms with Gasteiger partial charge in [0.25, 0.3) is 0 Å². The average Bonchev–Trinajstić information content (AvgIpc) is 3.08. The molecule has 1 N–H and O–H groups in total. The lowest BCUT2D eigenvalue weighted by atomic mass is 10.1. The maximum Gasteiger partial charge on any atom is 0.243 e. The number of rotatable bonds is 10. The number of nitrogens with zero attached hydrogens (tertiary/aromatic N) is 2. The normalized spacial score (nSPS) is 17.4. The summed E-state index contributed by atoms with van der Waals surface area (Å²) in [5.41, 5.74) is 0.616. The standard InChI is InChI=1S/C20H31N3O4S/c1-4-7-8-13-21-20(25)16-14-19(24)23(15-16)17-9-11-18(12-10-17)28(26,27)22(5-2)6-3/h9-12,16H,4-8,13-15H2,1-3H3,(H,21,25). The minimum atomic E-state index is -3.53. The first-order chi connectivity index (χ1) is 13.3. The Labute approximate surface area is 168 Å². The predicted molar refractivity (Wildman–Crippen MR) is 110 cm³/mol. The van der Waals surface area contributed by atoms with Gasteiger partial charge >= 0.3 is 0 Å². The Balaban J connectivity index is 2.04. The summed E-state index contributed by atoms with van der Waals surface area (Å²) in [6, 6.07) is 6.31. The van der Waals surface area contributed by atoms with Gasteiger partial charge in [0.15, 0.2) is 0 Å². The van der Waals surface area contributed by atoms with E-state index in [4.69, 9.17) is 0 Å². The van der Waals surface area contributed by atoms with E-state index in [0.717, 1.165) is 19.3 Å². The number of hydrogen-bond acceptors (Lipinski definition) is 4. The number of carbonyl (C=O) groups is 2. The van der Waals surface area contributed by atoms with Crippen molar-refractivity contribution >= 4 is 27.5 Å². The Kier molecular flexibility index (Phi) is 8.00. The summed E-state index contributed by atoms with van der Waals surface area (Å²) in [4.78, 5) is 26.4. The molecule has 8 heteroatoms. The van der Waals surface area contributed by atoms with Crippen molar-refractivity contribution in [3.63, 3.8) is 0 Å². The average molecular weight is 410 g/mol. The second-order valence-corrected chi connectivity index (χ2v) is 8.92. The number of carbonyl (C=O) groups excluding carboxylic acids is 2. The number of benzene rings is 1. The summed E-state index contributed by atoms with van der Waals surface area (Å²) in [5, 5.41) is 2.90. The fourth-order valence-corrected chi connectivity index (χ4v) is 4.83. The van der Waals surface area contributed by atoms with Crippen LogP contribution in [0.4, 0.5) is 5.69 Å². The summed E-state index contributed by atoms with van der Waals surface area (Å²) in [6.07, 6.45) is 3.28. The molecule has 1 aromatic carbocycles. The maximum absolute atomic E-state index is 12.6. The lowest BCUT2D eigenvalue weighted by Gasteiger charge is -2.20. The molecule has 1 aromatic rings. The van der Waals surface area contributed by atoms with Crippen molar-refractivity contribution in [2.75, 3.05) is 31.1 Å². The lowest BCUT2D eigenvalue weighted by Crippen LogP contribution is -2.33. The highest BCUT2D eigenvalue weighted by atomic mass is 32.2. The number of unbranched alkanes of at least 4 members (excludes halogenated alkanes) is 2. The number of hydrogen-bond donors (Lipinski definition) is 1. The topological polar surface area (TPSA) is 86.8 Å². The van der Waals surface area contributed by atoms with E-state index < -0.39 is 10.0 Å². The molecule has 1 fully saturated rings. The molecule has 156 valence electrons. The molecule has 0 spiro atoms. The molecule has 0 saturated carbocycles. The molecule has 0 aromatic heterocycles. The first kappa shape index (κ1) is 22.4. The summed E-state index contributed by atoms with van der Waals surface area (Å²) in [7, 11) is -3.53. The van der Waals surface area contributed by atoms with Crippen molar-refractivity contribution in [1.82, 2.24) is 9.62 Å². The predicted octanol–water partition coefficient (Wildman–Crippen LogP) is 2.38. The molecule has 1 unspecified atom stereocenters. The Hall–Kier alpha value is -1.93. The molecule has 0 aliphatic carbocycles. The Morgan fingerprint density at radius 3 is 2.36 bits per heavy atom. The Morgan fingerprint density at radius 1 is 1.14 bits per heavy atom. The second kappa shape index (κ2) is 10.0. The van der Waals surface area contributed by atoms with Crippen molar-refractivity contribution in [3.05, 3.63) is 24.3 Å². The molecule has 0 radical (unpaired) electrons.